The van der Waals surface area contributed by atoms with E-state index in [4.69, 9.17) is 38.6 Å². The molecule has 116 valence electrons. The van der Waals surface area contributed by atoms with Gasteiger partial charge in [0.05, 0.1) is 5.02 Å². The minimum atomic E-state index is 0.243. The topological polar surface area (TPSA) is 102 Å². The van der Waals surface area contributed by atoms with E-state index < -0.39 is 0 Å². The number of aromatic nitrogens is 3. The highest BCUT2D eigenvalue weighted by Gasteiger charge is 2.11. The third kappa shape index (κ3) is 3.50. The summed E-state index contributed by atoms with van der Waals surface area (Å²) in [5.74, 6) is 0.922. The van der Waals surface area contributed by atoms with Gasteiger partial charge in [-0.05, 0) is 12.5 Å². The van der Waals surface area contributed by atoms with Crippen LogP contribution in [0.4, 0.5) is 5.82 Å². The Balaban J connectivity index is 1.73. The van der Waals surface area contributed by atoms with Gasteiger partial charge >= 0.3 is 0 Å². The van der Waals surface area contributed by atoms with Gasteiger partial charge in [-0.15, -0.1) is 0 Å². The summed E-state index contributed by atoms with van der Waals surface area (Å²) in [7, 11) is 0. The first kappa shape index (κ1) is 15.9. The molecule has 0 aliphatic rings. The normalized spacial score (nSPS) is 10.8. The maximum absolute atomic E-state index is 8.88. The second-order valence-electron chi connectivity index (χ2n) is 4.54. The molecule has 3 aromatic rings. The molecule has 0 saturated heterocycles. The van der Waals surface area contributed by atoms with Crippen LogP contribution in [0, 0.1) is 11.3 Å². The molecule has 3 aromatic heterocycles. The maximum atomic E-state index is 8.88. The highest BCUT2D eigenvalue weighted by atomic mass is 35.5. The van der Waals surface area contributed by atoms with Gasteiger partial charge in [0, 0.05) is 22.9 Å². The van der Waals surface area contributed by atoms with Crippen molar-refractivity contribution in [2.45, 2.75) is 11.6 Å². The second kappa shape index (κ2) is 6.62. The summed E-state index contributed by atoms with van der Waals surface area (Å²) in [6.45, 7) is 0. The van der Waals surface area contributed by atoms with E-state index in [0.29, 0.717) is 27.9 Å². The van der Waals surface area contributed by atoms with Gasteiger partial charge in [-0.2, -0.15) is 5.26 Å². The second-order valence-corrected chi connectivity index (χ2v) is 6.36. The standard InChI is InChI=1S/C14H9Cl2N5OS/c15-10-6-22-12-9(10)3-7(19-13(12)16)1-2-23-14-20-8(5-17)4-11(18)21-14/h3-4,6H,1-2H2,(H2,18,20,21). The predicted octanol–water partition coefficient (Wildman–Crippen LogP) is 3.71. The fourth-order valence-corrected chi connectivity index (χ4v) is 3.22. The van der Waals surface area contributed by atoms with Crippen LogP contribution >= 0.6 is 35.0 Å². The molecule has 0 spiro atoms. The molecule has 0 aromatic carbocycles. The molecule has 0 fully saturated rings. The summed E-state index contributed by atoms with van der Waals surface area (Å²) in [5.41, 5.74) is 7.14. The lowest BCUT2D eigenvalue weighted by Gasteiger charge is -2.03. The van der Waals surface area contributed by atoms with Crippen molar-refractivity contribution >= 4 is 51.8 Å². The Morgan fingerprint density at radius 2 is 2.09 bits per heavy atom. The van der Waals surface area contributed by atoms with Crippen molar-refractivity contribution < 1.29 is 4.42 Å². The Morgan fingerprint density at radius 1 is 1.26 bits per heavy atom. The lowest BCUT2D eigenvalue weighted by atomic mass is 10.2. The van der Waals surface area contributed by atoms with Crippen molar-refractivity contribution in [2.24, 2.45) is 0 Å². The van der Waals surface area contributed by atoms with Crippen molar-refractivity contribution in [3.05, 3.63) is 40.0 Å². The number of anilines is 1. The largest absolute Gasteiger partial charge is 0.459 e. The Morgan fingerprint density at radius 3 is 2.87 bits per heavy atom. The Labute approximate surface area is 145 Å². The number of nitrogens with zero attached hydrogens (tertiary/aromatic N) is 4. The molecule has 0 amide bonds. The lowest BCUT2D eigenvalue weighted by Crippen LogP contribution is -1.99. The molecule has 0 unspecified atom stereocenters. The van der Waals surface area contributed by atoms with Gasteiger partial charge in [0.2, 0.25) is 0 Å². The number of halogens is 2. The van der Waals surface area contributed by atoms with E-state index in [-0.39, 0.29) is 16.7 Å². The van der Waals surface area contributed by atoms with Gasteiger partial charge in [-0.25, -0.2) is 15.0 Å². The van der Waals surface area contributed by atoms with Gasteiger partial charge in [0.25, 0.3) is 0 Å². The molecule has 2 N–H and O–H groups in total. The molecular weight excluding hydrogens is 357 g/mol. The summed E-state index contributed by atoms with van der Waals surface area (Å²) in [5, 5.41) is 10.8. The molecule has 9 heteroatoms. The summed E-state index contributed by atoms with van der Waals surface area (Å²) in [6, 6.07) is 5.22. The van der Waals surface area contributed by atoms with Gasteiger partial charge in [0.1, 0.15) is 23.8 Å². The van der Waals surface area contributed by atoms with E-state index in [1.165, 1.54) is 24.1 Å². The monoisotopic (exact) mass is 365 g/mol. The summed E-state index contributed by atoms with van der Waals surface area (Å²) < 4.78 is 5.25. The number of furan rings is 1. The van der Waals surface area contributed by atoms with Crippen LogP contribution in [0.5, 0.6) is 0 Å². The number of pyridine rings is 1. The zero-order chi connectivity index (χ0) is 16.4. The van der Waals surface area contributed by atoms with E-state index in [0.717, 1.165) is 11.1 Å². The summed E-state index contributed by atoms with van der Waals surface area (Å²) >= 11 is 13.5. The van der Waals surface area contributed by atoms with Crippen LogP contribution in [-0.2, 0) is 6.42 Å². The summed E-state index contributed by atoms with van der Waals surface area (Å²) in [6.07, 6.45) is 2.06. The number of nitrogens with two attached hydrogens (primary N) is 1. The molecule has 0 saturated carbocycles. The molecule has 23 heavy (non-hydrogen) atoms. The molecule has 0 atom stereocenters. The SMILES string of the molecule is N#Cc1cc(N)nc(SCCc2cc3c(Cl)coc3c(Cl)n2)n1. The van der Waals surface area contributed by atoms with E-state index in [1.807, 2.05) is 12.1 Å². The Hall–Kier alpha value is -2.01. The average Bonchev–Trinajstić information content (AvgIpc) is 2.89. The van der Waals surface area contributed by atoms with Gasteiger partial charge < -0.3 is 10.2 Å². The van der Waals surface area contributed by atoms with E-state index in [2.05, 4.69) is 15.0 Å². The zero-order valence-electron chi connectivity index (χ0n) is 11.6. The minimum Gasteiger partial charge on any atom is -0.459 e. The molecule has 3 heterocycles. The van der Waals surface area contributed by atoms with E-state index in [9.17, 15) is 0 Å². The fourth-order valence-electron chi connectivity index (χ4n) is 1.96. The van der Waals surface area contributed by atoms with Crippen molar-refractivity contribution in [1.82, 2.24) is 15.0 Å². The first-order valence-corrected chi connectivity index (χ1v) is 8.20. The first-order valence-electron chi connectivity index (χ1n) is 6.46. The number of rotatable bonds is 4. The van der Waals surface area contributed by atoms with Crippen molar-refractivity contribution in [3.63, 3.8) is 0 Å². The maximum Gasteiger partial charge on any atom is 0.190 e. The number of hydrogen-bond donors (Lipinski definition) is 1. The highest BCUT2D eigenvalue weighted by molar-refractivity contribution is 7.99. The van der Waals surface area contributed by atoms with Crippen LogP contribution in [-0.4, -0.2) is 20.7 Å². The molecule has 3 rings (SSSR count). The first-order chi connectivity index (χ1) is 11.1. The van der Waals surface area contributed by atoms with E-state index >= 15 is 0 Å². The minimum absolute atomic E-state index is 0.243. The fraction of sp³-hybridized carbons (Fsp3) is 0.143. The predicted molar refractivity (Wildman–Crippen MR) is 89.6 cm³/mol. The Kier molecular flexibility index (Phi) is 4.57. The molecule has 0 bridgehead atoms. The van der Waals surface area contributed by atoms with Crippen molar-refractivity contribution in [3.8, 4) is 6.07 Å². The quantitative estimate of drug-likeness (QED) is 0.427. The Bertz CT molecular complexity index is 921. The van der Waals surface area contributed by atoms with E-state index in [1.54, 1.807) is 0 Å². The van der Waals surface area contributed by atoms with Crippen LogP contribution < -0.4 is 5.73 Å². The summed E-state index contributed by atoms with van der Waals surface area (Å²) in [4.78, 5) is 12.4. The van der Waals surface area contributed by atoms with Crippen LogP contribution in [0.15, 0.2) is 28.0 Å². The molecule has 0 aliphatic heterocycles. The number of nitrogen functional groups attached to an aromatic ring is 1. The lowest BCUT2D eigenvalue weighted by molar-refractivity contribution is 0.614. The molecule has 0 radical (unpaired) electrons. The average molecular weight is 366 g/mol. The van der Waals surface area contributed by atoms with Crippen LogP contribution in [0.25, 0.3) is 11.0 Å². The van der Waals surface area contributed by atoms with Crippen LogP contribution in [0.2, 0.25) is 10.2 Å². The number of fused-ring (bicyclic) bond motifs is 1. The molecule has 6 nitrogen and oxygen atoms in total. The van der Waals surface area contributed by atoms with Gasteiger partial charge in [-0.3, -0.25) is 0 Å². The van der Waals surface area contributed by atoms with Crippen LogP contribution in [0.1, 0.15) is 11.4 Å². The third-order valence-corrected chi connectivity index (χ3v) is 4.35. The number of aryl methyl sites for hydroxylation is 1. The number of hydrogen-bond acceptors (Lipinski definition) is 7. The number of thioether (sulfide) groups is 1. The van der Waals surface area contributed by atoms with Gasteiger partial charge in [-0.1, -0.05) is 35.0 Å². The van der Waals surface area contributed by atoms with Crippen molar-refractivity contribution in [2.75, 3.05) is 11.5 Å². The zero-order valence-corrected chi connectivity index (χ0v) is 13.9. The smallest absolute Gasteiger partial charge is 0.190 e. The molecule has 0 aliphatic carbocycles. The highest BCUT2D eigenvalue weighted by Crippen LogP contribution is 2.31. The molecular formula is C14H9Cl2N5OS. The van der Waals surface area contributed by atoms with Gasteiger partial charge in [0.15, 0.2) is 15.9 Å². The number of nitriles is 1. The van der Waals surface area contributed by atoms with Crippen molar-refractivity contribution in [1.29, 1.82) is 5.26 Å². The van der Waals surface area contributed by atoms with Crippen LogP contribution in [0.3, 0.4) is 0 Å². The third-order valence-electron chi connectivity index (χ3n) is 2.95.